The van der Waals surface area contributed by atoms with E-state index in [1.165, 1.54) is 12.1 Å². The number of aldehydes is 1. The molecule has 4 rings (SSSR count). The largest absolute Gasteiger partial charge is 0.507 e. The van der Waals surface area contributed by atoms with E-state index in [-0.39, 0.29) is 47.5 Å². The first-order valence-electron chi connectivity index (χ1n) is 10.7. The van der Waals surface area contributed by atoms with Crippen LogP contribution >= 0.6 is 11.8 Å². The SMILES string of the molecule is CC1(C)OCC(c2ccccc2C(=O)N2CCSC[C@H]2COc2cc(O)c(C=O)c(O)c2)O1. The molecule has 9 heteroatoms. The highest BCUT2D eigenvalue weighted by molar-refractivity contribution is 7.99. The van der Waals surface area contributed by atoms with Crippen molar-refractivity contribution in [3.05, 3.63) is 53.1 Å². The number of carbonyl (C=O) groups excluding carboxylic acids is 2. The number of phenols is 2. The van der Waals surface area contributed by atoms with Crippen molar-refractivity contribution in [3.63, 3.8) is 0 Å². The van der Waals surface area contributed by atoms with Crippen molar-refractivity contribution in [2.45, 2.75) is 31.8 Å². The maximum atomic E-state index is 13.6. The molecule has 0 radical (unpaired) electrons. The monoisotopic (exact) mass is 473 g/mol. The summed E-state index contributed by atoms with van der Waals surface area (Å²) in [5.74, 6) is 0.204. The number of rotatable bonds is 6. The van der Waals surface area contributed by atoms with Gasteiger partial charge in [0.05, 0.1) is 18.2 Å². The van der Waals surface area contributed by atoms with Gasteiger partial charge in [-0.3, -0.25) is 9.59 Å². The highest BCUT2D eigenvalue weighted by Crippen LogP contribution is 2.35. The normalized spacial score (nSPS) is 22.2. The molecular weight excluding hydrogens is 446 g/mol. The molecule has 0 aliphatic carbocycles. The Morgan fingerprint density at radius 2 is 2.00 bits per heavy atom. The van der Waals surface area contributed by atoms with Crippen LogP contribution in [-0.4, -0.2) is 70.4 Å². The summed E-state index contributed by atoms with van der Waals surface area (Å²) >= 11 is 1.73. The number of thioether (sulfide) groups is 1. The van der Waals surface area contributed by atoms with Crippen molar-refractivity contribution in [2.75, 3.05) is 31.3 Å². The van der Waals surface area contributed by atoms with Gasteiger partial charge in [-0.1, -0.05) is 18.2 Å². The van der Waals surface area contributed by atoms with Gasteiger partial charge in [-0.15, -0.1) is 0 Å². The zero-order chi connectivity index (χ0) is 23.6. The van der Waals surface area contributed by atoms with E-state index in [1.54, 1.807) is 22.7 Å². The average Bonchev–Trinajstić information content (AvgIpc) is 3.17. The Morgan fingerprint density at radius 1 is 1.27 bits per heavy atom. The fourth-order valence-corrected chi connectivity index (χ4v) is 5.06. The number of nitrogens with zero attached hydrogens (tertiary/aromatic N) is 1. The fourth-order valence-electron chi connectivity index (χ4n) is 4.02. The maximum absolute atomic E-state index is 13.6. The van der Waals surface area contributed by atoms with Crippen LogP contribution in [0.3, 0.4) is 0 Å². The van der Waals surface area contributed by atoms with Gasteiger partial charge in [-0.2, -0.15) is 11.8 Å². The highest BCUT2D eigenvalue weighted by atomic mass is 32.2. The minimum Gasteiger partial charge on any atom is -0.507 e. The molecule has 2 heterocycles. The Bertz CT molecular complexity index is 1020. The first-order chi connectivity index (χ1) is 15.8. The van der Waals surface area contributed by atoms with Gasteiger partial charge in [0, 0.05) is 35.7 Å². The third-order valence-corrected chi connectivity index (χ3v) is 6.80. The van der Waals surface area contributed by atoms with Crippen LogP contribution < -0.4 is 4.74 Å². The quantitative estimate of drug-likeness (QED) is 0.616. The van der Waals surface area contributed by atoms with E-state index in [2.05, 4.69) is 0 Å². The zero-order valence-corrected chi connectivity index (χ0v) is 19.3. The Balaban J connectivity index is 1.51. The van der Waals surface area contributed by atoms with Crippen LogP contribution in [0.4, 0.5) is 0 Å². The Morgan fingerprint density at radius 3 is 2.67 bits per heavy atom. The van der Waals surface area contributed by atoms with Crippen LogP contribution in [-0.2, 0) is 9.47 Å². The van der Waals surface area contributed by atoms with Gasteiger partial charge < -0.3 is 29.3 Å². The standard InChI is InChI=1S/C24H27NO7S/c1-24(2)31-13-22(32-24)17-5-3-4-6-18(17)23(29)25-7-8-33-14-15(25)12-30-16-9-20(27)19(11-26)21(28)10-16/h3-6,9-11,15,22,27-28H,7-8,12-14H2,1-2H3/t15-,22?/m1/s1. The van der Waals surface area contributed by atoms with Crippen LogP contribution in [0, 0.1) is 0 Å². The van der Waals surface area contributed by atoms with E-state index in [0.29, 0.717) is 30.8 Å². The number of amides is 1. The summed E-state index contributed by atoms with van der Waals surface area (Å²) < 4.78 is 17.5. The molecular formula is C24H27NO7S. The van der Waals surface area contributed by atoms with Crippen LogP contribution in [0.25, 0.3) is 0 Å². The molecule has 2 aliphatic rings. The molecule has 2 N–H and O–H groups in total. The predicted octanol–water partition coefficient (Wildman–Crippen LogP) is 3.37. The number of benzene rings is 2. The number of carbonyl (C=O) groups is 2. The van der Waals surface area contributed by atoms with Gasteiger partial charge in [0.1, 0.15) is 30.0 Å². The van der Waals surface area contributed by atoms with Gasteiger partial charge in [0.15, 0.2) is 12.1 Å². The molecule has 2 fully saturated rings. The summed E-state index contributed by atoms with van der Waals surface area (Å²) in [6.07, 6.45) is 0.0564. The fraction of sp³-hybridized carbons (Fsp3) is 0.417. The lowest BCUT2D eigenvalue weighted by atomic mass is 10.0. The molecule has 0 spiro atoms. The third kappa shape index (κ3) is 5.10. The van der Waals surface area contributed by atoms with Crippen molar-refractivity contribution in [3.8, 4) is 17.2 Å². The summed E-state index contributed by atoms with van der Waals surface area (Å²) in [4.78, 5) is 26.4. The minimum absolute atomic E-state index is 0.102. The van der Waals surface area contributed by atoms with Gasteiger partial charge >= 0.3 is 0 Å². The molecule has 0 aromatic heterocycles. The first-order valence-corrected chi connectivity index (χ1v) is 11.9. The van der Waals surface area contributed by atoms with E-state index in [1.807, 2.05) is 32.0 Å². The molecule has 2 aromatic carbocycles. The Kier molecular flexibility index (Phi) is 6.83. The molecule has 2 aliphatic heterocycles. The highest BCUT2D eigenvalue weighted by Gasteiger charge is 2.37. The molecule has 2 aromatic rings. The van der Waals surface area contributed by atoms with Crippen LogP contribution in [0.15, 0.2) is 36.4 Å². The summed E-state index contributed by atoms with van der Waals surface area (Å²) in [5, 5.41) is 19.8. The van der Waals surface area contributed by atoms with Gasteiger partial charge in [0.25, 0.3) is 5.91 Å². The summed E-state index contributed by atoms with van der Waals surface area (Å²) in [6, 6.07) is 9.77. The van der Waals surface area contributed by atoms with E-state index in [4.69, 9.17) is 14.2 Å². The molecule has 2 saturated heterocycles. The van der Waals surface area contributed by atoms with Crippen molar-refractivity contribution in [1.82, 2.24) is 4.90 Å². The number of ether oxygens (including phenoxy) is 3. The van der Waals surface area contributed by atoms with E-state index in [9.17, 15) is 19.8 Å². The molecule has 1 unspecified atom stereocenters. The van der Waals surface area contributed by atoms with E-state index >= 15 is 0 Å². The molecule has 33 heavy (non-hydrogen) atoms. The van der Waals surface area contributed by atoms with Gasteiger partial charge in [-0.25, -0.2) is 0 Å². The topological polar surface area (TPSA) is 106 Å². The van der Waals surface area contributed by atoms with E-state index in [0.717, 1.165) is 11.3 Å². The molecule has 0 bridgehead atoms. The van der Waals surface area contributed by atoms with Crippen molar-refractivity contribution in [1.29, 1.82) is 0 Å². The Labute approximate surface area is 196 Å². The zero-order valence-electron chi connectivity index (χ0n) is 18.5. The predicted molar refractivity (Wildman–Crippen MR) is 123 cm³/mol. The first kappa shape index (κ1) is 23.4. The lowest BCUT2D eigenvalue weighted by Gasteiger charge is -2.36. The van der Waals surface area contributed by atoms with Crippen LogP contribution in [0.5, 0.6) is 17.2 Å². The third-order valence-electron chi connectivity index (χ3n) is 5.70. The van der Waals surface area contributed by atoms with Crippen LogP contribution in [0.1, 0.15) is 46.2 Å². The summed E-state index contributed by atoms with van der Waals surface area (Å²) in [5.41, 5.74) is 1.18. The molecule has 8 nitrogen and oxygen atoms in total. The molecule has 176 valence electrons. The summed E-state index contributed by atoms with van der Waals surface area (Å²) in [7, 11) is 0. The number of hydrogen-bond acceptors (Lipinski definition) is 8. The van der Waals surface area contributed by atoms with Crippen LogP contribution in [0.2, 0.25) is 0 Å². The molecule has 2 atom stereocenters. The second kappa shape index (κ2) is 9.62. The second-order valence-corrected chi connectivity index (χ2v) is 9.59. The Hall–Kier alpha value is -2.75. The van der Waals surface area contributed by atoms with E-state index < -0.39 is 5.79 Å². The summed E-state index contributed by atoms with van der Waals surface area (Å²) in [6.45, 7) is 4.83. The maximum Gasteiger partial charge on any atom is 0.254 e. The van der Waals surface area contributed by atoms with Gasteiger partial charge in [-0.05, 0) is 25.5 Å². The lowest BCUT2D eigenvalue weighted by molar-refractivity contribution is -0.139. The number of aromatic hydroxyl groups is 2. The lowest BCUT2D eigenvalue weighted by Crippen LogP contribution is -2.49. The van der Waals surface area contributed by atoms with Gasteiger partial charge in [0.2, 0.25) is 0 Å². The number of phenolic OH excluding ortho intramolecular Hbond substituents is 2. The number of hydrogen-bond donors (Lipinski definition) is 2. The van der Waals surface area contributed by atoms with Crippen molar-refractivity contribution < 1.29 is 34.0 Å². The van der Waals surface area contributed by atoms with Crippen molar-refractivity contribution in [2.24, 2.45) is 0 Å². The average molecular weight is 474 g/mol. The smallest absolute Gasteiger partial charge is 0.254 e. The van der Waals surface area contributed by atoms with Crippen molar-refractivity contribution >= 4 is 24.0 Å². The second-order valence-electron chi connectivity index (χ2n) is 8.44. The molecule has 1 amide bonds. The minimum atomic E-state index is -0.699. The molecule has 0 saturated carbocycles.